The Hall–Kier alpha value is -2.62. The third kappa shape index (κ3) is 5.75. The molecule has 1 aromatic heterocycles. The van der Waals surface area contributed by atoms with Crippen LogP contribution in [0, 0.1) is 0 Å². The van der Waals surface area contributed by atoms with Gasteiger partial charge in [-0.3, -0.25) is 4.57 Å². The Morgan fingerprint density at radius 3 is 2.65 bits per heavy atom. The second-order valence-corrected chi connectivity index (χ2v) is 8.63. The molecule has 31 heavy (non-hydrogen) atoms. The van der Waals surface area contributed by atoms with Gasteiger partial charge in [-0.25, -0.2) is 9.78 Å². The lowest BCUT2D eigenvalue weighted by atomic mass is 9.98. The maximum Gasteiger partial charge on any atom is 0.416 e. The molecule has 1 aliphatic rings. The van der Waals surface area contributed by atoms with E-state index in [0.29, 0.717) is 19.4 Å². The average Bonchev–Trinajstić information content (AvgIpc) is 3.36. The lowest BCUT2D eigenvalue weighted by Gasteiger charge is -2.33. The van der Waals surface area contributed by atoms with Crippen LogP contribution in [0.3, 0.4) is 0 Å². The van der Waals surface area contributed by atoms with E-state index in [-0.39, 0.29) is 10.7 Å². The van der Waals surface area contributed by atoms with E-state index in [0.717, 1.165) is 12.1 Å². The highest BCUT2D eigenvalue weighted by Crippen LogP contribution is 2.37. The van der Waals surface area contributed by atoms with Crippen molar-refractivity contribution in [2.24, 2.45) is 0 Å². The van der Waals surface area contributed by atoms with Gasteiger partial charge in [-0.05, 0) is 63.5 Å². The van der Waals surface area contributed by atoms with Crippen molar-refractivity contribution in [3.05, 3.63) is 54.1 Å². The molecule has 0 aliphatic carbocycles. The molecule has 1 amide bonds. The van der Waals surface area contributed by atoms with Crippen LogP contribution in [-0.4, -0.2) is 43.9 Å². The first-order valence-electron chi connectivity index (χ1n) is 9.81. The number of imidazole rings is 1. The van der Waals surface area contributed by atoms with E-state index >= 15 is 0 Å². The fourth-order valence-electron chi connectivity index (χ4n) is 3.45. The number of thiocarbonyl (C=S) groups is 1. The fraction of sp³-hybridized carbons (Fsp3) is 0.476. The molecule has 0 saturated carbocycles. The quantitative estimate of drug-likeness (QED) is 0.596. The molecule has 0 radical (unpaired) electrons. The first-order valence-corrected chi connectivity index (χ1v) is 10.2. The minimum atomic E-state index is -4.51. The molecule has 2 heterocycles. The Kier molecular flexibility index (Phi) is 6.59. The summed E-state index contributed by atoms with van der Waals surface area (Å²) in [5, 5.41) is 0.0240. The second-order valence-electron chi connectivity index (χ2n) is 8.28. The molecule has 0 bridgehead atoms. The number of rotatable bonds is 3. The zero-order chi connectivity index (χ0) is 22.8. The van der Waals surface area contributed by atoms with Crippen molar-refractivity contribution < 1.29 is 27.4 Å². The van der Waals surface area contributed by atoms with Crippen molar-refractivity contribution in [1.82, 2.24) is 14.5 Å². The van der Waals surface area contributed by atoms with Gasteiger partial charge in [-0.1, -0.05) is 12.1 Å². The fourth-order valence-corrected chi connectivity index (χ4v) is 3.66. The van der Waals surface area contributed by atoms with Crippen LogP contribution in [0.25, 0.3) is 0 Å². The number of hydrogen-bond acceptors (Lipinski definition) is 5. The molecule has 10 heteroatoms. The highest BCUT2D eigenvalue weighted by molar-refractivity contribution is 7.80. The summed E-state index contributed by atoms with van der Waals surface area (Å²) in [6, 6.07) is 4.35. The van der Waals surface area contributed by atoms with Crippen LogP contribution in [0.1, 0.15) is 50.8 Å². The normalized spacial score (nSPS) is 18.0. The highest BCUT2D eigenvalue weighted by atomic mass is 32.1. The van der Waals surface area contributed by atoms with Crippen LogP contribution < -0.4 is 0 Å². The Balaban J connectivity index is 1.95. The number of benzene rings is 1. The third-order valence-corrected chi connectivity index (χ3v) is 5.07. The van der Waals surface area contributed by atoms with Gasteiger partial charge in [0.1, 0.15) is 18.0 Å². The van der Waals surface area contributed by atoms with Crippen molar-refractivity contribution in [3.63, 3.8) is 0 Å². The number of nitrogens with zero attached hydrogens (tertiary/aromatic N) is 3. The Labute approximate surface area is 184 Å². The van der Waals surface area contributed by atoms with E-state index in [4.69, 9.17) is 21.7 Å². The number of aromatic nitrogens is 2. The van der Waals surface area contributed by atoms with Gasteiger partial charge >= 0.3 is 12.3 Å². The topological polar surface area (TPSA) is 56.6 Å². The molecule has 2 aromatic rings. The lowest BCUT2D eigenvalue weighted by Crippen LogP contribution is -2.43. The largest absolute Gasteiger partial charge is 0.460 e. The number of ether oxygens (including phenoxy) is 2. The highest BCUT2D eigenvalue weighted by Gasteiger charge is 2.40. The summed E-state index contributed by atoms with van der Waals surface area (Å²) in [6.07, 6.45) is -0.231. The molecule has 6 nitrogen and oxygen atoms in total. The van der Waals surface area contributed by atoms with Crippen LogP contribution in [0.2, 0.25) is 0 Å². The SMILES string of the molecule is CC(C)(C)OC(=O)N1CCC[C@H]1C(OC(=S)n1ccnc1)c1cccc(C(F)(F)F)c1. The van der Waals surface area contributed by atoms with E-state index in [1.165, 1.54) is 28.1 Å². The number of amides is 1. The molecule has 1 aliphatic heterocycles. The van der Waals surface area contributed by atoms with Crippen LogP contribution in [0.5, 0.6) is 0 Å². The van der Waals surface area contributed by atoms with Crippen molar-refractivity contribution in [2.45, 2.75) is 57.5 Å². The van der Waals surface area contributed by atoms with Gasteiger partial charge in [0, 0.05) is 18.9 Å². The minimum absolute atomic E-state index is 0.0240. The first-order chi connectivity index (χ1) is 14.5. The van der Waals surface area contributed by atoms with Crippen LogP contribution in [0.4, 0.5) is 18.0 Å². The standard InChI is InChI=1S/C21H24F3N3O3S/c1-20(2,3)30-18(28)27-10-5-8-16(27)17(29-19(31)26-11-9-25-13-26)14-6-4-7-15(12-14)21(22,23)24/h4,6-7,9,11-13,16-17H,5,8,10H2,1-3H3/t16-,17?/m0/s1. The van der Waals surface area contributed by atoms with E-state index in [9.17, 15) is 18.0 Å². The average molecular weight is 456 g/mol. The van der Waals surface area contributed by atoms with Gasteiger partial charge in [0.05, 0.1) is 11.6 Å². The van der Waals surface area contributed by atoms with E-state index < -0.39 is 35.6 Å². The zero-order valence-electron chi connectivity index (χ0n) is 17.4. The molecular weight excluding hydrogens is 431 g/mol. The van der Waals surface area contributed by atoms with Gasteiger partial charge in [0.25, 0.3) is 5.17 Å². The molecule has 3 rings (SSSR count). The minimum Gasteiger partial charge on any atom is -0.460 e. The van der Waals surface area contributed by atoms with Crippen LogP contribution in [0.15, 0.2) is 43.0 Å². The Morgan fingerprint density at radius 1 is 1.29 bits per heavy atom. The van der Waals surface area contributed by atoms with Gasteiger partial charge in [0.15, 0.2) is 0 Å². The summed E-state index contributed by atoms with van der Waals surface area (Å²) < 4.78 is 52.9. The second kappa shape index (κ2) is 8.86. The number of halogens is 3. The smallest absolute Gasteiger partial charge is 0.416 e. The van der Waals surface area contributed by atoms with E-state index in [1.54, 1.807) is 33.0 Å². The summed E-state index contributed by atoms with van der Waals surface area (Å²) in [4.78, 5) is 18.2. The predicted molar refractivity (Wildman–Crippen MR) is 111 cm³/mol. The van der Waals surface area contributed by atoms with Gasteiger partial charge < -0.3 is 14.4 Å². The number of likely N-dealkylation sites (tertiary alicyclic amines) is 1. The van der Waals surface area contributed by atoms with Gasteiger partial charge in [0.2, 0.25) is 0 Å². The number of hydrogen-bond donors (Lipinski definition) is 0. The molecule has 1 unspecified atom stereocenters. The Bertz CT molecular complexity index is 926. The molecule has 1 fully saturated rings. The molecule has 0 N–H and O–H groups in total. The number of alkyl halides is 3. The molecule has 1 aromatic carbocycles. The van der Waals surface area contributed by atoms with Crippen molar-refractivity contribution in [2.75, 3.05) is 6.54 Å². The summed E-state index contributed by atoms with van der Waals surface area (Å²) in [5.74, 6) is 0. The van der Waals surface area contributed by atoms with Crippen LogP contribution >= 0.6 is 12.2 Å². The molecule has 168 valence electrons. The summed E-state index contributed by atoms with van der Waals surface area (Å²) in [6.45, 7) is 5.68. The zero-order valence-corrected chi connectivity index (χ0v) is 18.2. The van der Waals surface area contributed by atoms with Crippen LogP contribution in [-0.2, 0) is 15.7 Å². The summed E-state index contributed by atoms with van der Waals surface area (Å²) in [7, 11) is 0. The Morgan fingerprint density at radius 2 is 2.03 bits per heavy atom. The van der Waals surface area contributed by atoms with Gasteiger partial charge in [-0.2, -0.15) is 13.2 Å². The van der Waals surface area contributed by atoms with Crippen molar-refractivity contribution >= 4 is 23.5 Å². The summed E-state index contributed by atoms with van der Waals surface area (Å²) in [5.41, 5.74) is -1.23. The molecule has 0 spiro atoms. The van der Waals surface area contributed by atoms with Gasteiger partial charge in [-0.15, -0.1) is 0 Å². The number of carbonyl (C=O) groups excluding carboxylic acids is 1. The first kappa shape index (κ1) is 23.1. The van der Waals surface area contributed by atoms with Crippen molar-refractivity contribution in [1.29, 1.82) is 0 Å². The monoisotopic (exact) mass is 455 g/mol. The predicted octanol–water partition coefficient (Wildman–Crippen LogP) is 5.19. The number of carbonyl (C=O) groups is 1. The van der Waals surface area contributed by atoms with E-state index in [1.807, 2.05) is 0 Å². The summed E-state index contributed by atoms with van der Waals surface area (Å²) >= 11 is 5.33. The third-order valence-electron chi connectivity index (χ3n) is 4.76. The molecular formula is C21H24F3N3O3S. The lowest BCUT2D eigenvalue weighted by molar-refractivity contribution is -0.137. The molecule has 1 saturated heterocycles. The maximum absolute atomic E-state index is 13.3. The van der Waals surface area contributed by atoms with Crippen molar-refractivity contribution in [3.8, 4) is 0 Å². The maximum atomic E-state index is 13.3. The van der Waals surface area contributed by atoms with E-state index in [2.05, 4.69) is 4.98 Å². The molecule has 2 atom stereocenters.